The number of carbonyl (C=O) groups is 1. The van der Waals surface area contributed by atoms with Crippen LogP contribution in [0.2, 0.25) is 0 Å². The molecular weight excluding hydrogens is 393 g/mol. The largest absolute Gasteiger partial charge is 0.416 e. The summed E-state index contributed by atoms with van der Waals surface area (Å²) in [5.41, 5.74) is -0.0713. The molecule has 1 N–H and O–H groups in total. The second kappa shape index (κ2) is 7.75. The molecule has 152 valence electrons. The van der Waals surface area contributed by atoms with Gasteiger partial charge in [-0.15, -0.1) is 12.4 Å². The highest BCUT2D eigenvalue weighted by molar-refractivity contribution is 5.85. The van der Waals surface area contributed by atoms with Crippen LogP contribution in [0.15, 0.2) is 36.7 Å². The number of carbonyl (C=O) groups excluding carboxylic acids is 1. The van der Waals surface area contributed by atoms with Crippen LogP contribution in [0.3, 0.4) is 0 Å². The summed E-state index contributed by atoms with van der Waals surface area (Å²) in [6.07, 6.45) is -0.228. The third-order valence-corrected chi connectivity index (χ3v) is 5.43. The number of benzene rings is 1. The van der Waals surface area contributed by atoms with Crippen LogP contribution in [-0.4, -0.2) is 40.0 Å². The van der Waals surface area contributed by atoms with E-state index in [-0.39, 0.29) is 36.2 Å². The van der Waals surface area contributed by atoms with E-state index in [9.17, 15) is 18.0 Å². The van der Waals surface area contributed by atoms with Gasteiger partial charge in [0.15, 0.2) is 0 Å². The Morgan fingerprint density at radius 1 is 1.32 bits per heavy atom. The number of imidazole rings is 1. The molecule has 0 spiro atoms. The minimum absolute atomic E-state index is 0. The zero-order chi connectivity index (χ0) is 19.2. The van der Waals surface area contributed by atoms with Gasteiger partial charge >= 0.3 is 6.18 Å². The lowest BCUT2D eigenvalue weighted by Gasteiger charge is -2.36. The van der Waals surface area contributed by atoms with Gasteiger partial charge in [-0.2, -0.15) is 13.2 Å². The predicted molar refractivity (Wildman–Crippen MR) is 100 cm³/mol. The predicted octanol–water partition coefficient (Wildman–Crippen LogP) is 3.14. The van der Waals surface area contributed by atoms with E-state index in [1.165, 1.54) is 12.1 Å². The fourth-order valence-corrected chi connectivity index (χ4v) is 3.89. The molecule has 2 aliphatic rings. The second-order valence-corrected chi connectivity index (χ2v) is 7.22. The van der Waals surface area contributed by atoms with E-state index in [0.717, 1.165) is 11.9 Å². The highest BCUT2D eigenvalue weighted by atomic mass is 35.5. The maximum Gasteiger partial charge on any atom is 0.416 e. The monoisotopic (exact) mass is 414 g/mol. The molecule has 1 aliphatic heterocycles. The summed E-state index contributed by atoms with van der Waals surface area (Å²) in [4.78, 5) is 19.3. The number of nitrogens with zero attached hydrogens (tertiary/aromatic N) is 3. The molecule has 9 heteroatoms. The molecule has 4 rings (SSSR count). The van der Waals surface area contributed by atoms with E-state index < -0.39 is 11.7 Å². The summed E-state index contributed by atoms with van der Waals surface area (Å²) in [5.74, 6) is 0.421. The first-order valence-electron chi connectivity index (χ1n) is 9.02. The Balaban J connectivity index is 0.00000225. The molecule has 1 aliphatic carbocycles. The number of nitrogens with one attached hydrogen (secondary N) is 1. The maximum absolute atomic E-state index is 13.1. The molecule has 1 amide bonds. The number of aromatic nitrogens is 2. The number of amides is 1. The number of aryl methyl sites for hydroxylation is 1. The molecule has 5 nitrogen and oxygen atoms in total. The molecule has 0 radical (unpaired) electrons. The maximum atomic E-state index is 13.1. The fourth-order valence-electron chi connectivity index (χ4n) is 3.89. The first kappa shape index (κ1) is 20.7. The molecule has 3 unspecified atom stereocenters. The van der Waals surface area contributed by atoms with Crippen LogP contribution < -0.4 is 5.32 Å². The van der Waals surface area contributed by atoms with Crippen LogP contribution in [0.5, 0.6) is 0 Å². The molecular formula is C19H22ClF3N4O. The van der Waals surface area contributed by atoms with E-state index >= 15 is 0 Å². The topological polar surface area (TPSA) is 50.2 Å². The number of hydrogen-bond donors (Lipinski definition) is 1. The van der Waals surface area contributed by atoms with Crippen LogP contribution >= 0.6 is 12.4 Å². The van der Waals surface area contributed by atoms with E-state index in [2.05, 4.69) is 10.3 Å². The minimum atomic E-state index is -4.37. The van der Waals surface area contributed by atoms with Gasteiger partial charge in [0.1, 0.15) is 11.9 Å². The van der Waals surface area contributed by atoms with Crippen molar-refractivity contribution >= 4 is 18.3 Å². The number of alkyl halides is 3. The lowest BCUT2D eigenvalue weighted by atomic mass is 10.0. The third kappa shape index (κ3) is 3.89. The Labute approximate surface area is 167 Å². The Kier molecular flexibility index (Phi) is 5.72. The summed E-state index contributed by atoms with van der Waals surface area (Å²) < 4.78 is 40.8. The van der Waals surface area contributed by atoms with Crippen molar-refractivity contribution in [2.45, 2.75) is 24.6 Å². The van der Waals surface area contributed by atoms with E-state index in [0.29, 0.717) is 31.6 Å². The minimum Gasteiger partial charge on any atom is -0.336 e. The Morgan fingerprint density at radius 2 is 2.11 bits per heavy atom. The first-order valence-corrected chi connectivity index (χ1v) is 9.02. The van der Waals surface area contributed by atoms with Gasteiger partial charge in [0.25, 0.3) is 0 Å². The first-order chi connectivity index (χ1) is 12.9. The quantitative estimate of drug-likeness (QED) is 0.839. The van der Waals surface area contributed by atoms with Crippen LogP contribution in [0, 0.1) is 5.92 Å². The molecule has 1 saturated heterocycles. The van der Waals surface area contributed by atoms with Gasteiger partial charge in [-0.05, 0) is 24.0 Å². The van der Waals surface area contributed by atoms with Crippen molar-refractivity contribution in [3.63, 3.8) is 0 Å². The highest BCUT2D eigenvalue weighted by Crippen LogP contribution is 2.50. The zero-order valence-electron chi connectivity index (χ0n) is 15.3. The van der Waals surface area contributed by atoms with Crippen molar-refractivity contribution in [2.75, 3.05) is 19.6 Å². The van der Waals surface area contributed by atoms with Crippen molar-refractivity contribution in [3.05, 3.63) is 53.6 Å². The normalized spacial score (nSPS) is 24.6. The average Bonchev–Trinajstić information content (AvgIpc) is 3.34. The molecule has 28 heavy (non-hydrogen) atoms. The molecule has 0 bridgehead atoms. The smallest absolute Gasteiger partial charge is 0.336 e. The average molecular weight is 415 g/mol. The summed E-state index contributed by atoms with van der Waals surface area (Å²) >= 11 is 0. The molecule has 3 atom stereocenters. The number of rotatable bonds is 3. The van der Waals surface area contributed by atoms with Crippen molar-refractivity contribution in [1.82, 2.24) is 19.8 Å². The standard InChI is InChI=1S/C19H21F3N4O.ClH/c1-25-7-6-24-17(25)16-11-23-5-8-26(16)18(27)15-10-14(15)12-3-2-4-13(9-12)19(20,21)22;/h2-4,6-7,9,14-16,23H,5,8,10-11H2,1H3;1H. The lowest BCUT2D eigenvalue weighted by molar-refractivity contribution is -0.137. The Hall–Kier alpha value is -2.06. The summed E-state index contributed by atoms with van der Waals surface area (Å²) in [6, 6.07) is 5.18. The van der Waals surface area contributed by atoms with Gasteiger partial charge < -0.3 is 14.8 Å². The molecule has 1 aromatic carbocycles. The summed E-state index contributed by atoms with van der Waals surface area (Å²) in [6.45, 7) is 1.90. The van der Waals surface area contributed by atoms with Crippen LogP contribution in [0.1, 0.15) is 35.3 Å². The van der Waals surface area contributed by atoms with E-state index in [4.69, 9.17) is 0 Å². The molecule has 1 saturated carbocycles. The zero-order valence-corrected chi connectivity index (χ0v) is 16.1. The summed E-state index contributed by atoms with van der Waals surface area (Å²) in [5, 5.41) is 3.29. The van der Waals surface area contributed by atoms with Gasteiger partial charge in [-0.1, -0.05) is 18.2 Å². The third-order valence-electron chi connectivity index (χ3n) is 5.43. The van der Waals surface area contributed by atoms with Crippen LogP contribution in [0.25, 0.3) is 0 Å². The van der Waals surface area contributed by atoms with Crippen molar-refractivity contribution in [3.8, 4) is 0 Å². The van der Waals surface area contributed by atoms with Crippen molar-refractivity contribution in [2.24, 2.45) is 13.0 Å². The summed E-state index contributed by atoms with van der Waals surface area (Å²) in [7, 11) is 1.89. The van der Waals surface area contributed by atoms with Gasteiger partial charge in [0.05, 0.1) is 5.56 Å². The lowest BCUT2D eigenvalue weighted by Crippen LogP contribution is -2.50. The highest BCUT2D eigenvalue weighted by Gasteiger charge is 2.48. The molecule has 2 aromatic rings. The number of hydrogen-bond acceptors (Lipinski definition) is 3. The van der Waals surface area contributed by atoms with Gasteiger partial charge in [0.2, 0.25) is 5.91 Å². The molecule has 1 aromatic heterocycles. The SMILES string of the molecule is Cl.Cn1ccnc1C1CNCCN1C(=O)C1CC1c1cccc(C(F)(F)F)c1. The second-order valence-electron chi connectivity index (χ2n) is 7.22. The number of piperazine rings is 1. The molecule has 2 fully saturated rings. The van der Waals surface area contributed by atoms with Crippen LogP contribution in [0.4, 0.5) is 13.2 Å². The van der Waals surface area contributed by atoms with Gasteiger partial charge in [-0.25, -0.2) is 4.98 Å². The van der Waals surface area contributed by atoms with Gasteiger partial charge in [-0.3, -0.25) is 4.79 Å². The molecule has 2 heterocycles. The van der Waals surface area contributed by atoms with E-state index in [1.54, 1.807) is 12.3 Å². The Morgan fingerprint density at radius 3 is 2.79 bits per heavy atom. The Bertz CT molecular complexity index is 854. The van der Waals surface area contributed by atoms with E-state index in [1.807, 2.05) is 22.7 Å². The fraction of sp³-hybridized carbons (Fsp3) is 0.474. The number of halogens is 4. The van der Waals surface area contributed by atoms with Crippen LogP contribution in [-0.2, 0) is 18.0 Å². The van der Waals surface area contributed by atoms with Crippen molar-refractivity contribution < 1.29 is 18.0 Å². The van der Waals surface area contributed by atoms with Gasteiger partial charge in [0, 0.05) is 45.0 Å². The van der Waals surface area contributed by atoms with Crippen molar-refractivity contribution in [1.29, 1.82) is 0 Å².